The van der Waals surface area contributed by atoms with Gasteiger partial charge in [-0.05, 0) is 18.0 Å². The van der Waals surface area contributed by atoms with Crippen molar-refractivity contribution in [2.45, 2.75) is 38.8 Å². The molecule has 1 rings (SSSR count). The van der Waals surface area contributed by atoms with Gasteiger partial charge in [0.25, 0.3) is 5.56 Å². The molecular weight excluding hydrogens is 244 g/mol. The first-order valence-corrected chi connectivity index (χ1v) is 9.88. The summed E-state index contributed by atoms with van der Waals surface area (Å²) in [5.74, 6) is 0. The maximum atomic E-state index is 11.7. The molecule has 18 heavy (non-hydrogen) atoms. The van der Waals surface area contributed by atoms with E-state index in [1.807, 2.05) is 0 Å². The van der Waals surface area contributed by atoms with Gasteiger partial charge in [-0.3, -0.25) is 4.79 Å². The maximum absolute atomic E-state index is 11.7. The number of nitrogens with zero attached hydrogens (tertiary/aromatic N) is 2. The third kappa shape index (κ3) is 5.42. The van der Waals surface area contributed by atoms with Crippen LogP contribution in [0, 0.1) is 0 Å². The fourth-order valence-corrected chi connectivity index (χ4v) is 2.13. The van der Waals surface area contributed by atoms with Crippen LogP contribution >= 0.6 is 0 Å². The number of aromatic nitrogens is 2. The van der Waals surface area contributed by atoms with Crippen LogP contribution in [0.15, 0.2) is 29.7 Å². The van der Waals surface area contributed by atoms with E-state index in [1.165, 1.54) is 4.68 Å². The quantitative estimate of drug-likeness (QED) is 0.432. The van der Waals surface area contributed by atoms with Gasteiger partial charge in [-0.1, -0.05) is 25.7 Å². The van der Waals surface area contributed by atoms with E-state index in [-0.39, 0.29) is 12.3 Å². The lowest BCUT2D eigenvalue weighted by Gasteiger charge is -2.15. The standard InChI is InChI=1S/C13H22N2O2Si/c1-5-6-12-9-13(16)15(14-10-12)11-17-7-8-18(2,3)4/h5,9-10H,1,6-8,11H2,2-4H3. The zero-order chi connectivity index (χ0) is 13.6. The molecule has 4 nitrogen and oxygen atoms in total. The van der Waals surface area contributed by atoms with E-state index in [0.29, 0.717) is 13.0 Å². The molecule has 0 unspecified atom stereocenters. The maximum Gasteiger partial charge on any atom is 0.269 e. The Morgan fingerprint density at radius 1 is 1.50 bits per heavy atom. The predicted molar refractivity (Wildman–Crippen MR) is 76.5 cm³/mol. The van der Waals surface area contributed by atoms with Gasteiger partial charge < -0.3 is 4.74 Å². The van der Waals surface area contributed by atoms with Crippen molar-refractivity contribution in [3.63, 3.8) is 0 Å². The Bertz CT molecular complexity index is 449. The number of allylic oxidation sites excluding steroid dienone is 1. The molecule has 100 valence electrons. The summed E-state index contributed by atoms with van der Waals surface area (Å²) in [5, 5.41) is 4.07. The number of hydrogen-bond donors (Lipinski definition) is 0. The summed E-state index contributed by atoms with van der Waals surface area (Å²) in [6, 6.07) is 2.67. The van der Waals surface area contributed by atoms with Crippen molar-refractivity contribution in [1.29, 1.82) is 0 Å². The molecule has 0 radical (unpaired) electrons. The van der Waals surface area contributed by atoms with Crippen LogP contribution in [-0.2, 0) is 17.9 Å². The molecule has 0 aromatic carbocycles. The highest BCUT2D eigenvalue weighted by atomic mass is 28.3. The average molecular weight is 266 g/mol. The first-order chi connectivity index (χ1) is 8.42. The fourth-order valence-electron chi connectivity index (χ4n) is 1.38. The molecule has 0 aliphatic rings. The molecule has 0 N–H and O–H groups in total. The lowest BCUT2D eigenvalue weighted by molar-refractivity contribution is 0.0749. The minimum absolute atomic E-state index is 0.123. The lowest BCUT2D eigenvalue weighted by Crippen LogP contribution is -2.26. The highest BCUT2D eigenvalue weighted by molar-refractivity contribution is 6.76. The van der Waals surface area contributed by atoms with E-state index >= 15 is 0 Å². The zero-order valence-electron chi connectivity index (χ0n) is 11.5. The fraction of sp³-hybridized carbons (Fsp3) is 0.538. The third-order valence-corrected chi connectivity index (χ3v) is 4.22. The van der Waals surface area contributed by atoms with Crippen molar-refractivity contribution in [3.05, 3.63) is 40.8 Å². The molecular formula is C13H22N2O2Si. The van der Waals surface area contributed by atoms with Crippen LogP contribution < -0.4 is 5.56 Å². The largest absolute Gasteiger partial charge is 0.359 e. The van der Waals surface area contributed by atoms with Crippen LogP contribution in [-0.4, -0.2) is 24.5 Å². The summed E-state index contributed by atoms with van der Waals surface area (Å²) >= 11 is 0. The third-order valence-electron chi connectivity index (χ3n) is 2.52. The molecule has 0 fully saturated rings. The number of hydrogen-bond acceptors (Lipinski definition) is 3. The van der Waals surface area contributed by atoms with E-state index in [1.54, 1.807) is 18.3 Å². The Labute approximate surface area is 109 Å². The van der Waals surface area contributed by atoms with Crippen molar-refractivity contribution in [3.8, 4) is 0 Å². The summed E-state index contributed by atoms with van der Waals surface area (Å²) in [6.07, 6.45) is 4.11. The lowest BCUT2D eigenvalue weighted by atomic mass is 10.2. The van der Waals surface area contributed by atoms with Gasteiger partial charge in [-0.15, -0.1) is 6.58 Å². The summed E-state index contributed by atoms with van der Waals surface area (Å²) in [5.41, 5.74) is 0.760. The van der Waals surface area contributed by atoms with Crippen LogP contribution in [0.3, 0.4) is 0 Å². The molecule has 0 aliphatic carbocycles. The van der Waals surface area contributed by atoms with Crippen LogP contribution in [0.4, 0.5) is 0 Å². The van der Waals surface area contributed by atoms with Crippen LogP contribution in [0.2, 0.25) is 25.7 Å². The van der Waals surface area contributed by atoms with E-state index in [0.717, 1.165) is 11.6 Å². The summed E-state index contributed by atoms with van der Waals surface area (Å²) in [7, 11) is -1.07. The monoisotopic (exact) mass is 266 g/mol. The highest BCUT2D eigenvalue weighted by Crippen LogP contribution is 2.07. The van der Waals surface area contributed by atoms with Crippen LogP contribution in [0.25, 0.3) is 0 Å². The van der Waals surface area contributed by atoms with Crippen molar-refractivity contribution >= 4 is 8.07 Å². The Balaban J connectivity index is 2.48. The van der Waals surface area contributed by atoms with Gasteiger partial charge >= 0.3 is 0 Å². The molecule has 5 heteroatoms. The van der Waals surface area contributed by atoms with Gasteiger partial charge in [0.15, 0.2) is 0 Å². The highest BCUT2D eigenvalue weighted by Gasteiger charge is 2.12. The summed E-state index contributed by atoms with van der Waals surface area (Å²) in [6.45, 7) is 11.5. The second-order valence-electron chi connectivity index (χ2n) is 5.54. The molecule has 0 bridgehead atoms. The van der Waals surface area contributed by atoms with E-state index < -0.39 is 8.07 Å². The number of ether oxygens (including phenoxy) is 1. The molecule has 0 aliphatic heterocycles. The Morgan fingerprint density at radius 2 is 2.22 bits per heavy atom. The molecule has 0 saturated carbocycles. The normalized spacial score (nSPS) is 11.5. The van der Waals surface area contributed by atoms with Crippen molar-refractivity contribution in [2.24, 2.45) is 0 Å². The molecule has 0 amide bonds. The van der Waals surface area contributed by atoms with Crippen LogP contribution in [0.5, 0.6) is 0 Å². The summed E-state index contributed by atoms with van der Waals surface area (Å²) in [4.78, 5) is 11.7. The van der Waals surface area contributed by atoms with Crippen molar-refractivity contribution in [1.82, 2.24) is 9.78 Å². The molecule has 0 saturated heterocycles. The minimum atomic E-state index is -1.07. The van der Waals surface area contributed by atoms with Gasteiger partial charge in [0.2, 0.25) is 0 Å². The van der Waals surface area contributed by atoms with E-state index in [4.69, 9.17) is 4.74 Å². The first-order valence-electron chi connectivity index (χ1n) is 6.17. The molecule has 1 aromatic heterocycles. The number of rotatable bonds is 7. The van der Waals surface area contributed by atoms with E-state index in [2.05, 4.69) is 31.3 Å². The SMILES string of the molecule is C=CCc1cnn(COCC[Si](C)(C)C)c(=O)c1. The van der Waals surface area contributed by atoms with Crippen molar-refractivity contribution in [2.75, 3.05) is 6.61 Å². The van der Waals surface area contributed by atoms with Crippen molar-refractivity contribution < 1.29 is 4.74 Å². The smallest absolute Gasteiger partial charge is 0.269 e. The zero-order valence-corrected chi connectivity index (χ0v) is 12.5. The van der Waals surface area contributed by atoms with Gasteiger partial charge in [-0.2, -0.15) is 5.10 Å². The van der Waals surface area contributed by atoms with E-state index in [9.17, 15) is 4.79 Å². The van der Waals surface area contributed by atoms with Crippen LogP contribution in [0.1, 0.15) is 5.56 Å². The molecule has 1 heterocycles. The average Bonchev–Trinajstić information content (AvgIpc) is 2.26. The Hall–Kier alpha value is -1.20. The molecule has 0 spiro atoms. The first kappa shape index (κ1) is 14.9. The predicted octanol–water partition coefficient (Wildman–Crippen LogP) is 2.28. The second kappa shape index (κ2) is 6.66. The van der Waals surface area contributed by atoms with Gasteiger partial charge in [-0.25, -0.2) is 4.68 Å². The Morgan fingerprint density at radius 3 is 2.78 bits per heavy atom. The second-order valence-corrected chi connectivity index (χ2v) is 11.2. The molecule has 0 atom stereocenters. The molecule has 1 aromatic rings. The Kier molecular flexibility index (Phi) is 5.49. The minimum Gasteiger partial charge on any atom is -0.359 e. The van der Waals surface area contributed by atoms with Gasteiger partial charge in [0.05, 0.1) is 6.20 Å². The van der Waals surface area contributed by atoms with Gasteiger partial charge in [0, 0.05) is 20.7 Å². The van der Waals surface area contributed by atoms with Gasteiger partial charge in [0.1, 0.15) is 6.73 Å². The summed E-state index contributed by atoms with van der Waals surface area (Å²) < 4.78 is 6.84. The topological polar surface area (TPSA) is 44.1 Å².